The zero-order valence-corrected chi connectivity index (χ0v) is 16.4. The lowest BCUT2D eigenvalue weighted by Crippen LogP contribution is -2.31. The monoisotopic (exact) mass is 372 g/mol. The van der Waals surface area contributed by atoms with Crippen molar-refractivity contribution in [3.63, 3.8) is 0 Å². The van der Waals surface area contributed by atoms with E-state index in [1.165, 1.54) is 0 Å². The van der Waals surface area contributed by atoms with Gasteiger partial charge in [-0.1, -0.05) is 51.1 Å². The molecule has 0 spiro atoms. The summed E-state index contributed by atoms with van der Waals surface area (Å²) in [5.74, 6) is 0.593. The van der Waals surface area contributed by atoms with E-state index in [0.29, 0.717) is 24.7 Å². The molecule has 0 unspecified atom stereocenters. The Bertz CT molecular complexity index is 769. The molecule has 0 aliphatic carbocycles. The van der Waals surface area contributed by atoms with Crippen LogP contribution in [0.15, 0.2) is 30.3 Å². The van der Waals surface area contributed by atoms with Crippen LogP contribution in [0, 0.1) is 0 Å². The molecule has 0 fully saturated rings. The second kappa shape index (κ2) is 9.75. The summed E-state index contributed by atoms with van der Waals surface area (Å²) in [5, 5.41) is 5.56. The highest BCUT2D eigenvalue weighted by Gasteiger charge is 2.26. The Kier molecular flexibility index (Phi) is 7.40. The lowest BCUT2D eigenvalue weighted by molar-refractivity contribution is 0.0521. The van der Waals surface area contributed by atoms with Gasteiger partial charge in [-0.25, -0.2) is 14.6 Å². The van der Waals surface area contributed by atoms with Gasteiger partial charge >= 0.3 is 12.0 Å². The van der Waals surface area contributed by atoms with Crippen LogP contribution in [0.25, 0.3) is 0 Å². The van der Waals surface area contributed by atoms with E-state index in [-0.39, 0.29) is 24.2 Å². The summed E-state index contributed by atoms with van der Waals surface area (Å²) in [6.07, 6.45) is 0.818. The lowest BCUT2D eigenvalue weighted by Gasteiger charge is -2.15. The number of imidazole rings is 1. The Labute approximate surface area is 160 Å². The molecule has 2 rings (SSSR count). The number of esters is 1. The number of urea groups is 1. The van der Waals surface area contributed by atoms with Crippen molar-refractivity contribution < 1.29 is 14.3 Å². The molecule has 0 aliphatic rings. The first-order valence-electron chi connectivity index (χ1n) is 9.34. The summed E-state index contributed by atoms with van der Waals surface area (Å²) in [5.41, 5.74) is 1.17. The number of nitrogens with one attached hydrogen (secondary N) is 2. The number of benzene rings is 1. The lowest BCUT2D eigenvalue weighted by atomic mass is 10.2. The Balaban J connectivity index is 2.48. The van der Waals surface area contributed by atoms with Crippen LogP contribution in [0.2, 0.25) is 0 Å². The predicted octanol–water partition coefficient (Wildman–Crippen LogP) is 3.76. The quantitative estimate of drug-likeness (QED) is 0.691. The Hall–Kier alpha value is -2.83. The summed E-state index contributed by atoms with van der Waals surface area (Å²) in [6, 6.07) is 9.47. The van der Waals surface area contributed by atoms with E-state index in [9.17, 15) is 9.59 Å². The molecule has 146 valence electrons. The molecule has 0 saturated heterocycles. The molecule has 0 bridgehead atoms. The van der Waals surface area contributed by atoms with Gasteiger partial charge in [-0.3, -0.25) is 5.32 Å². The third kappa shape index (κ3) is 5.32. The number of hydrogen-bond acceptors (Lipinski definition) is 4. The van der Waals surface area contributed by atoms with E-state index in [0.717, 1.165) is 12.0 Å². The zero-order valence-electron chi connectivity index (χ0n) is 16.4. The average Bonchev–Trinajstić information content (AvgIpc) is 2.99. The summed E-state index contributed by atoms with van der Waals surface area (Å²) < 4.78 is 7.02. The highest BCUT2D eigenvalue weighted by Crippen LogP contribution is 2.26. The molecule has 0 atom stereocenters. The van der Waals surface area contributed by atoms with Gasteiger partial charge in [0.05, 0.1) is 13.2 Å². The van der Waals surface area contributed by atoms with Gasteiger partial charge in [0, 0.05) is 12.5 Å². The number of nitrogens with zero attached hydrogens (tertiary/aromatic N) is 2. The standard InChI is InChI=1S/C20H28N4O3/c1-5-12-21-20(26)23-18-16(19(25)27-6-2)22-17(14(3)4)24(18)13-15-10-8-7-9-11-15/h7-11,14H,5-6,12-13H2,1-4H3,(H2,21,23,26). The molecule has 2 amide bonds. The van der Waals surface area contributed by atoms with Crippen LogP contribution in [0.3, 0.4) is 0 Å². The summed E-state index contributed by atoms with van der Waals surface area (Å²) in [6.45, 7) is 8.99. The van der Waals surface area contributed by atoms with Crippen LogP contribution in [0.5, 0.6) is 0 Å². The molecule has 1 aromatic heterocycles. The fraction of sp³-hybridized carbons (Fsp3) is 0.450. The Morgan fingerprint density at radius 1 is 1.19 bits per heavy atom. The number of ether oxygens (including phenoxy) is 1. The molecule has 1 aromatic carbocycles. The molecule has 7 nitrogen and oxygen atoms in total. The first-order valence-corrected chi connectivity index (χ1v) is 9.34. The number of carbonyl (C=O) groups excluding carboxylic acids is 2. The van der Waals surface area contributed by atoms with Gasteiger partial charge in [-0.05, 0) is 18.9 Å². The minimum absolute atomic E-state index is 0.0659. The molecule has 27 heavy (non-hydrogen) atoms. The molecule has 2 aromatic rings. The number of carbonyl (C=O) groups is 2. The highest BCUT2D eigenvalue weighted by atomic mass is 16.5. The molecule has 2 N–H and O–H groups in total. The van der Waals surface area contributed by atoms with Gasteiger partial charge in [0.2, 0.25) is 0 Å². The number of anilines is 1. The van der Waals surface area contributed by atoms with E-state index >= 15 is 0 Å². The minimum Gasteiger partial charge on any atom is -0.461 e. The molecule has 1 heterocycles. The van der Waals surface area contributed by atoms with Crippen LogP contribution < -0.4 is 10.6 Å². The maximum Gasteiger partial charge on any atom is 0.360 e. The maximum absolute atomic E-state index is 12.4. The molecule has 0 saturated carbocycles. The van der Waals surface area contributed by atoms with E-state index < -0.39 is 5.97 Å². The number of rotatable bonds is 8. The fourth-order valence-electron chi connectivity index (χ4n) is 2.70. The van der Waals surface area contributed by atoms with Gasteiger partial charge in [-0.2, -0.15) is 0 Å². The van der Waals surface area contributed by atoms with E-state index in [1.54, 1.807) is 6.92 Å². The SMILES string of the molecule is CCCNC(=O)Nc1c(C(=O)OCC)nc(C(C)C)n1Cc1ccccc1. The average molecular weight is 372 g/mol. The second-order valence-electron chi connectivity index (χ2n) is 6.50. The van der Waals surface area contributed by atoms with Crippen molar-refractivity contribution >= 4 is 17.8 Å². The Morgan fingerprint density at radius 2 is 1.89 bits per heavy atom. The van der Waals surface area contributed by atoms with Crippen LogP contribution in [0.1, 0.15) is 61.9 Å². The highest BCUT2D eigenvalue weighted by molar-refractivity contribution is 5.98. The number of amides is 2. The summed E-state index contributed by atoms with van der Waals surface area (Å²) >= 11 is 0. The van der Waals surface area contributed by atoms with Crippen molar-refractivity contribution in [2.24, 2.45) is 0 Å². The van der Waals surface area contributed by atoms with Crippen LogP contribution in [-0.2, 0) is 11.3 Å². The van der Waals surface area contributed by atoms with Crippen molar-refractivity contribution in [1.82, 2.24) is 14.9 Å². The molecular weight excluding hydrogens is 344 g/mol. The van der Waals surface area contributed by atoms with Crippen molar-refractivity contribution in [1.29, 1.82) is 0 Å². The normalized spacial score (nSPS) is 10.7. The molecule has 0 aliphatic heterocycles. The zero-order chi connectivity index (χ0) is 19.8. The minimum atomic E-state index is -0.544. The van der Waals surface area contributed by atoms with Crippen LogP contribution in [-0.4, -0.2) is 34.7 Å². The van der Waals surface area contributed by atoms with Crippen molar-refractivity contribution in [2.75, 3.05) is 18.5 Å². The van der Waals surface area contributed by atoms with E-state index in [2.05, 4.69) is 15.6 Å². The second-order valence-corrected chi connectivity index (χ2v) is 6.50. The van der Waals surface area contributed by atoms with Gasteiger partial charge in [0.25, 0.3) is 0 Å². The topological polar surface area (TPSA) is 85.2 Å². The van der Waals surface area contributed by atoms with Gasteiger partial charge < -0.3 is 14.6 Å². The smallest absolute Gasteiger partial charge is 0.360 e. The number of aromatic nitrogens is 2. The van der Waals surface area contributed by atoms with E-state index in [4.69, 9.17) is 4.74 Å². The van der Waals surface area contributed by atoms with Crippen molar-refractivity contribution in [3.05, 3.63) is 47.4 Å². The van der Waals surface area contributed by atoms with Crippen LogP contribution in [0.4, 0.5) is 10.6 Å². The molecular formula is C20H28N4O3. The fourth-order valence-corrected chi connectivity index (χ4v) is 2.70. The molecule has 7 heteroatoms. The van der Waals surface area contributed by atoms with Crippen molar-refractivity contribution in [3.8, 4) is 0 Å². The third-order valence-electron chi connectivity index (χ3n) is 3.93. The van der Waals surface area contributed by atoms with Gasteiger partial charge in [0.1, 0.15) is 11.6 Å². The first kappa shape index (κ1) is 20.5. The molecule has 0 radical (unpaired) electrons. The van der Waals surface area contributed by atoms with Gasteiger partial charge in [-0.15, -0.1) is 0 Å². The Morgan fingerprint density at radius 3 is 2.48 bits per heavy atom. The van der Waals surface area contributed by atoms with Gasteiger partial charge in [0.15, 0.2) is 5.69 Å². The number of hydrogen-bond donors (Lipinski definition) is 2. The predicted molar refractivity (Wildman–Crippen MR) is 105 cm³/mol. The van der Waals surface area contributed by atoms with Crippen LogP contribution >= 0.6 is 0 Å². The summed E-state index contributed by atoms with van der Waals surface area (Å²) in [4.78, 5) is 29.2. The third-order valence-corrected chi connectivity index (χ3v) is 3.93. The maximum atomic E-state index is 12.4. The largest absolute Gasteiger partial charge is 0.461 e. The van der Waals surface area contributed by atoms with Crippen molar-refractivity contribution in [2.45, 2.75) is 46.6 Å². The van der Waals surface area contributed by atoms with E-state index in [1.807, 2.05) is 55.7 Å². The summed E-state index contributed by atoms with van der Waals surface area (Å²) in [7, 11) is 0. The first-order chi connectivity index (χ1) is 13.0.